The van der Waals surface area contributed by atoms with E-state index >= 15 is 0 Å². The zero-order valence-electron chi connectivity index (χ0n) is 13.6. The molecule has 1 aromatic heterocycles. The predicted octanol–water partition coefficient (Wildman–Crippen LogP) is 1.94. The van der Waals surface area contributed by atoms with Crippen molar-refractivity contribution in [3.05, 3.63) is 30.1 Å². The van der Waals surface area contributed by atoms with Crippen molar-refractivity contribution < 1.29 is 9.53 Å². The molecule has 3 fully saturated rings. The van der Waals surface area contributed by atoms with Crippen molar-refractivity contribution in [2.75, 3.05) is 32.8 Å². The van der Waals surface area contributed by atoms with Gasteiger partial charge in [0.1, 0.15) is 0 Å². The summed E-state index contributed by atoms with van der Waals surface area (Å²) < 4.78 is 6.25. The van der Waals surface area contributed by atoms with Crippen LogP contribution in [0.1, 0.15) is 42.5 Å². The van der Waals surface area contributed by atoms with Crippen LogP contribution in [0.25, 0.3) is 0 Å². The van der Waals surface area contributed by atoms with Gasteiger partial charge >= 0.3 is 0 Å². The second-order valence-corrected chi connectivity index (χ2v) is 7.12. The first-order valence-corrected chi connectivity index (χ1v) is 8.83. The summed E-state index contributed by atoms with van der Waals surface area (Å²) in [6, 6.07) is 4.18. The quantitative estimate of drug-likeness (QED) is 0.837. The fraction of sp³-hybridized carbons (Fsp3) is 0.667. The number of carbonyl (C=O) groups is 1. The number of carbonyl (C=O) groups excluding carboxylic acids is 1. The second-order valence-electron chi connectivity index (χ2n) is 7.12. The molecular formula is C18H25N3O2. The Bertz CT molecular complexity index is 549. The van der Waals surface area contributed by atoms with E-state index in [9.17, 15) is 4.79 Å². The number of hydrogen-bond donors (Lipinski definition) is 0. The maximum absolute atomic E-state index is 12.5. The van der Waals surface area contributed by atoms with Gasteiger partial charge in [0.05, 0.1) is 12.2 Å². The summed E-state index contributed by atoms with van der Waals surface area (Å²) in [7, 11) is 0. The van der Waals surface area contributed by atoms with Crippen molar-refractivity contribution >= 4 is 5.91 Å². The Morgan fingerprint density at radius 1 is 1.13 bits per heavy atom. The van der Waals surface area contributed by atoms with E-state index in [0.29, 0.717) is 6.04 Å². The van der Waals surface area contributed by atoms with Crippen molar-refractivity contribution in [1.29, 1.82) is 0 Å². The van der Waals surface area contributed by atoms with E-state index in [2.05, 4.69) is 9.88 Å². The number of likely N-dealkylation sites (tertiary alicyclic amines) is 2. The molecule has 0 unspecified atom stereocenters. The van der Waals surface area contributed by atoms with Crippen LogP contribution < -0.4 is 0 Å². The highest BCUT2D eigenvalue weighted by Gasteiger charge is 2.45. The molecule has 1 amide bonds. The van der Waals surface area contributed by atoms with Crippen LogP contribution in [0.5, 0.6) is 0 Å². The molecule has 0 radical (unpaired) electrons. The first kappa shape index (κ1) is 15.1. The lowest BCUT2D eigenvalue weighted by Gasteiger charge is -2.39. The molecule has 0 bridgehead atoms. The predicted molar refractivity (Wildman–Crippen MR) is 87.3 cm³/mol. The van der Waals surface area contributed by atoms with Gasteiger partial charge in [-0.3, -0.25) is 14.7 Å². The number of nitrogens with zero attached hydrogens (tertiary/aromatic N) is 3. The zero-order chi connectivity index (χ0) is 15.7. The third-order valence-electron chi connectivity index (χ3n) is 5.74. The van der Waals surface area contributed by atoms with Crippen LogP contribution in [0.3, 0.4) is 0 Å². The molecule has 124 valence electrons. The molecule has 1 spiro atoms. The van der Waals surface area contributed by atoms with Crippen LogP contribution in [0.15, 0.2) is 24.5 Å². The van der Waals surface area contributed by atoms with Gasteiger partial charge in [0.25, 0.3) is 5.91 Å². The minimum Gasteiger partial charge on any atom is -0.373 e. The third kappa shape index (κ3) is 3.00. The van der Waals surface area contributed by atoms with Crippen molar-refractivity contribution in [3.63, 3.8) is 0 Å². The topological polar surface area (TPSA) is 45.7 Å². The van der Waals surface area contributed by atoms with Gasteiger partial charge in [-0.05, 0) is 57.3 Å². The molecule has 23 heavy (non-hydrogen) atoms. The molecule has 4 rings (SSSR count). The van der Waals surface area contributed by atoms with Crippen molar-refractivity contribution in [1.82, 2.24) is 14.8 Å². The van der Waals surface area contributed by atoms with Crippen LogP contribution in [0, 0.1) is 0 Å². The average Bonchev–Trinajstić information content (AvgIpc) is 3.26. The maximum Gasteiger partial charge on any atom is 0.253 e. The molecule has 0 saturated carbocycles. The molecular weight excluding hydrogens is 290 g/mol. The van der Waals surface area contributed by atoms with Gasteiger partial charge in [0.2, 0.25) is 0 Å². The molecule has 0 aromatic carbocycles. The minimum absolute atomic E-state index is 0.0162. The van der Waals surface area contributed by atoms with E-state index in [1.165, 1.54) is 25.9 Å². The summed E-state index contributed by atoms with van der Waals surface area (Å²) in [5, 5.41) is 0. The molecule has 5 heteroatoms. The fourth-order valence-electron chi connectivity index (χ4n) is 4.30. The Balaban J connectivity index is 1.35. The Morgan fingerprint density at radius 3 is 2.52 bits per heavy atom. The molecule has 3 aliphatic heterocycles. The Labute approximate surface area is 137 Å². The highest BCUT2D eigenvalue weighted by atomic mass is 16.5. The van der Waals surface area contributed by atoms with E-state index in [0.717, 1.165) is 44.5 Å². The summed E-state index contributed by atoms with van der Waals surface area (Å²) in [6.45, 7) is 4.94. The largest absolute Gasteiger partial charge is 0.373 e. The van der Waals surface area contributed by atoms with Crippen molar-refractivity contribution in [2.45, 2.75) is 43.7 Å². The summed E-state index contributed by atoms with van der Waals surface area (Å²) in [5.74, 6) is 0.122. The first-order chi connectivity index (χ1) is 11.3. The summed E-state index contributed by atoms with van der Waals surface area (Å²) in [5.41, 5.74) is 0.751. The lowest BCUT2D eigenvalue weighted by molar-refractivity contribution is -0.0393. The van der Waals surface area contributed by atoms with E-state index in [1.54, 1.807) is 24.5 Å². The lowest BCUT2D eigenvalue weighted by atomic mass is 9.87. The lowest BCUT2D eigenvalue weighted by Crippen LogP contribution is -2.47. The number of amides is 1. The molecule has 1 aromatic rings. The smallest absolute Gasteiger partial charge is 0.253 e. The zero-order valence-corrected chi connectivity index (χ0v) is 13.6. The Hall–Kier alpha value is -1.46. The Kier molecular flexibility index (Phi) is 4.07. The monoisotopic (exact) mass is 315 g/mol. The third-order valence-corrected chi connectivity index (χ3v) is 5.74. The molecule has 3 saturated heterocycles. The molecule has 1 atom stereocenters. The van der Waals surface area contributed by atoms with Crippen molar-refractivity contribution in [2.24, 2.45) is 0 Å². The highest BCUT2D eigenvalue weighted by molar-refractivity contribution is 5.94. The first-order valence-electron chi connectivity index (χ1n) is 8.83. The SMILES string of the molecule is O=C(c1ccncc1)N1CCC2(CC1)C[C@@H](N1CCCC1)CO2. The van der Waals surface area contributed by atoms with Crippen LogP contribution in [-0.2, 0) is 4.74 Å². The standard InChI is InChI=1S/C18H25N3O2/c22-17(15-3-7-19-8-4-15)21-11-5-18(6-12-21)13-16(14-23-18)20-9-1-2-10-20/h3-4,7-8,16H,1-2,5-6,9-14H2/t16-/m1/s1. The fourth-order valence-corrected chi connectivity index (χ4v) is 4.30. The van der Waals surface area contributed by atoms with Gasteiger partial charge in [0.15, 0.2) is 0 Å². The minimum atomic E-state index is 0.0162. The van der Waals surface area contributed by atoms with Gasteiger partial charge in [-0.1, -0.05) is 0 Å². The molecule has 0 aliphatic carbocycles. The van der Waals surface area contributed by atoms with Crippen LogP contribution in [0.2, 0.25) is 0 Å². The molecule has 0 N–H and O–H groups in total. The number of pyridine rings is 1. The van der Waals surface area contributed by atoms with E-state index in [4.69, 9.17) is 4.74 Å². The number of aromatic nitrogens is 1. The second kappa shape index (κ2) is 6.21. The number of piperidine rings is 1. The van der Waals surface area contributed by atoms with Gasteiger partial charge in [-0.25, -0.2) is 0 Å². The van der Waals surface area contributed by atoms with Crippen LogP contribution >= 0.6 is 0 Å². The Morgan fingerprint density at radius 2 is 1.83 bits per heavy atom. The summed E-state index contributed by atoms with van der Waals surface area (Å²) in [6.07, 6.45) is 9.10. The van der Waals surface area contributed by atoms with Crippen LogP contribution in [0.4, 0.5) is 0 Å². The van der Waals surface area contributed by atoms with Gasteiger partial charge < -0.3 is 9.64 Å². The van der Waals surface area contributed by atoms with Gasteiger partial charge in [-0.15, -0.1) is 0 Å². The number of ether oxygens (including phenoxy) is 1. The van der Waals surface area contributed by atoms with E-state index in [1.807, 2.05) is 4.90 Å². The average molecular weight is 315 g/mol. The highest BCUT2D eigenvalue weighted by Crippen LogP contribution is 2.38. The van der Waals surface area contributed by atoms with Gasteiger partial charge in [-0.2, -0.15) is 0 Å². The van der Waals surface area contributed by atoms with Gasteiger partial charge in [0, 0.05) is 37.1 Å². The van der Waals surface area contributed by atoms with E-state index in [-0.39, 0.29) is 11.5 Å². The molecule has 5 nitrogen and oxygen atoms in total. The summed E-state index contributed by atoms with van der Waals surface area (Å²) in [4.78, 5) is 21.1. The molecule has 3 aliphatic rings. The number of hydrogen-bond acceptors (Lipinski definition) is 4. The summed E-state index contributed by atoms with van der Waals surface area (Å²) >= 11 is 0. The van der Waals surface area contributed by atoms with E-state index < -0.39 is 0 Å². The number of rotatable bonds is 2. The molecule has 4 heterocycles. The van der Waals surface area contributed by atoms with Crippen LogP contribution in [-0.4, -0.2) is 65.1 Å². The normalized spacial score (nSPS) is 27.7. The maximum atomic E-state index is 12.5. The van der Waals surface area contributed by atoms with Crippen molar-refractivity contribution in [3.8, 4) is 0 Å².